The molecule has 0 saturated carbocycles. The molecule has 0 aliphatic heterocycles. The molecule has 0 atom stereocenters. The van der Waals surface area contributed by atoms with E-state index in [1.165, 1.54) is 28.6 Å². The van der Waals surface area contributed by atoms with E-state index < -0.39 is 0 Å². The standard InChI is InChI=1S/C16H18N4OS2/c1-10-18-15(22-9-13(21)20(2)8-4-7-17)14-11-5-3-6-12(11)23-16(14)19-10/h3-6,8-9H2,1-2H3. The number of hydrogen-bond donors (Lipinski definition) is 0. The largest absolute Gasteiger partial charge is 0.344 e. The molecule has 23 heavy (non-hydrogen) atoms. The van der Waals surface area contributed by atoms with Crippen molar-refractivity contribution in [3.8, 4) is 6.07 Å². The van der Waals surface area contributed by atoms with E-state index >= 15 is 0 Å². The molecular formula is C16H18N4OS2. The first-order valence-electron chi connectivity index (χ1n) is 7.62. The molecule has 3 rings (SSSR count). The van der Waals surface area contributed by atoms with Crippen LogP contribution in [-0.2, 0) is 17.6 Å². The fourth-order valence-corrected chi connectivity index (χ4v) is 5.16. The van der Waals surface area contributed by atoms with E-state index in [0.29, 0.717) is 18.7 Å². The number of carbonyl (C=O) groups excluding carboxylic acids is 1. The van der Waals surface area contributed by atoms with Crippen molar-refractivity contribution < 1.29 is 4.79 Å². The van der Waals surface area contributed by atoms with Gasteiger partial charge in [-0.2, -0.15) is 5.26 Å². The van der Waals surface area contributed by atoms with Gasteiger partial charge in [0.2, 0.25) is 5.91 Å². The molecule has 2 aromatic rings. The highest BCUT2D eigenvalue weighted by atomic mass is 32.2. The van der Waals surface area contributed by atoms with Crippen molar-refractivity contribution in [3.05, 3.63) is 16.3 Å². The minimum absolute atomic E-state index is 0.0292. The van der Waals surface area contributed by atoms with Gasteiger partial charge in [0.1, 0.15) is 15.7 Å². The minimum Gasteiger partial charge on any atom is -0.344 e. The molecule has 0 saturated heterocycles. The zero-order valence-electron chi connectivity index (χ0n) is 13.3. The van der Waals surface area contributed by atoms with Crippen LogP contribution in [0.3, 0.4) is 0 Å². The lowest BCUT2D eigenvalue weighted by Gasteiger charge is -2.15. The number of nitrogens with zero attached hydrogens (tertiary/aromatic N) is 4. The molecule has 7 heteroatoms. The predicted octanol–water partition coefficient (Wildman–Crippen LogP) is 2.95. The van der Waals surface area contributed by atoms with Crippen molar-refractivity contribution in [2.75, 3.05) is 19.3 Å². The molecule has 0 radical (unpaired) electrons. The maximum absolute atomic E-state index is 12.2. The van der Waals surface area contributed by atoms with Gasteiger partial charge in [0.05, 0.1) is 18.2 Å². The van der Waals surface area contributed by atoms with E-state index in [2.05, 4.69) is 16.0 Å². The first-order valence-corrected chi connectivity index (χ1v) is 9.43. The Balaban J connectivity index is 1.80. The Kier molecular flexibility index (Phi) is 4.83. The second kappa shape index (κ2) is 6.85. The van der Waals surface area contributed by atoms with Gasteiger partial charge in [0.25, 0.3) is 0 Å². The molecule has 1 amide bonds. The van der Waals surface area contributed by atoms with E-state index in [1.54, 1.807) is 23.3 Å². The predicted molar refractivity (Wildman–Crippen MR) is 92.8 cm³/mol. The fraction of sp³-hybridized carbons (Fsp3) is 0.500. The van der Waals surface area contributed by atoms with Gasteiger partial charge in [-0.15, -0.1) is 11.3 Å². The van der Waals surface area contributed by atoms with E-state index in [4.69, 9.17) is 5.26 Å². The lowest BCUT2D eigenvalue weighted by molar-refractivity contribution is -0.127. The van der Waals surface area contributed by atoms with Crippen LogP contribution in [0.4, 0.5) is 0 Å². The van der Waals surface area contributed by atoms with Gasteiger partial charge in [0.15, 0.2) is 0 Å². The molecule has 120 valence electrons. The van der Waals surface area contributed by atoms with Crippen LogP contribution in [0.25, 0.3) is 10.2 Å². The Bertz CT molecular complexity index is 793. The van der Waals surface area contributed by atoms with Crippen LogP contribution >= 0.6 is 23.1 Å². The maximum atomic E-state index is 12.2. The average molecular weight is 346 g/mol. The van der Waals surface area contributed by atoms with Crippen LogP contribution in [0, 0.1) is 18.3 Å². The van der Waals surface area contributed by atoms with Gasteiger partial charge in [-0.3, -0.25) is 4.79 Å². The van der Waals surface area contributed by atoms with Gasteiger partial charge in [-0.1, -0.05) is 11.8 Å². The summed E-state index contributed by atoms with van der Waals surface area (Å²) in [6.07, 6.45) is 3.79. The van der Waals surface area contributed by atoms with Gasteiger partial charge in [-0.05, 0) is 31.7 Å². The topological polar surface area (TPSA) is 69.9 Å². The van der Waals surface area contributed by atoms with Gasteiger partial charge in [-0.25, -0.2) is 9.97 Å². The highest BCUT2D eigenvalue weighted by Gasteiger charge is 2.22. The molecule has 0 aromatic carbocycles. The summed E-state index contributed by atoms with van der Waals surface area (Å²) in [5.41, 5.74) is 1.39. The molecule has 1 aliphatic rings. The van der Waals surface area contributed by atoms with E-state index in [9.17, 15) is 4.79 Å². The number of amides is 1. The summed E-state index contributed by atoms with van der Waals surface area (Å²) < 4.78 is 0. The number of hydrogen-bond acceptors (Lipinski definition) is 6. The normalized spacial score (nSPS) is 13.1. The summed E-state index contributed by atoms with van der Waals surface area (Å²) in [5.74, 6) is 1.13. The van der Waals surface area contributed by atoms with E-state index in [0.717, 1.165) is 33.9 Å². The van der Waals surface area contributed by atoms with Crippen LogP contribution in [0.1, 0.15) is 29.1 Å². The molecule has 0 unspecified atom stereocenters. The van der Waals surface area contributed by atoms with Crippen molar-refractivity contribution in [1.29, 1.82) is 5.26 Å². The molecule has 2 aromatic heterocycles. The molecule has 0 bridgehead atoms. The van der Waals surface area contributed by atoms with Crippen LogP contribution < -0.4 is 0 Å². The first-order chi connectivity index (χ1) is 11.1. The maximum Gasteiger partial charge on any atom is 0.232 e. The Morgan fingerprint density at radius 3 is 3.04 bits per heavy atom. The average Bonchev–Trinajstić information content (AvgIpc) is 3.09. The molecular weight excluding hydrogens is 328 g/mol. The number of thiophene rings is 1. The molecule has 5 nitrogen and oxygen atoms in total. The molecule has 0 fully saturated rings. The van der Waals surface area contributed by atoms with Gasteiger partial charge >= 0.3 is 0 Å². The first kappa shape index (κ1) is 16.2. The van der Waals surface area contributed by atoms with Crippen LogP contribution in [0.2, 0.25) is 0 Å². The molecule has 0 N–H and O–H groups in total. The number of rotatable bonds is 5. The number of aryl methyl sites for hydroxylation is 3. The summed E-state index contributed by atoms with van der Waals surface area (Å²) in [6.45, 7) is 2.37. The van der Waals surface area contributed by atoms with Crippen molar-refractivity contribution in [2.45, 2.75) is 37.6 Å². The van der Waals surface area contributed by atoms with Crippen molar-refractivity contribution in [2.24, 2.45) is 0 Å². The third kappa shape index (κ3) is 3.33. The summed E-state index contributed by atoms with van der Waals surface area (Å²) in [5, 5.41) is 10.7. The zero-order chi connectivity index (χ0) is 16.4. The van der Waals surface area contributed by atoms with Crippen molar-refractivity contribution in [3.63, 3.8) is 0 Å². The Morgan fingerprint density at radius 2 is 2.26 bits per heavy atom. The number of thioether (sulfide) groups is 1. The molecule has 0 spiro atoms. The quantitative estimate of drug-likeness (QED) is 0.615. The van der Waals surface area contributed by atoms with Crippen molar-refractivity contribution >= 4 is 39.2 Å². The lowest BCUT2D eigenvalue weighted by atomic mass is 10.2. The Labute approximate surface area is 143 Å². The summed E-state index contributed by atoms with van der Waals surface area (Å²) >= 11 is 3.26. The number of carbonyl (C=O) groups is 1. The summed E-state index contributed by atoms with van der Waals surface area (Å²) in [7, 11) is 1.74. The second-order valence-corrected chi connectivity index (χ2v) is 7.67. The summed E-state index contributed by atoms with van der Waals surface area (Å²) in [6, 6.07) is 2.06. The highest BCUT2D eigenvalue weighted by molar-refractivity contribution is 8.00. The number of nitriles is 1. The zero-order valence-corrected chi connectivity index (χ0v) is 14.9. The third-order valence-corrected chi connectivity index (χ3v) is 6.11. The SMILES string of the molecule is Cc1nc(SCC(=O)N(C)CCC#N)c2c3c(sc2n1)CCC3. The Morgan fingerprint density at radius 1 is 1.43 bits per heavy atom. The van der Waals surface area contributed by atoms with Crippen LogP contribution in [0.5, 0.6) is 0 Å². The van der Waals surface area contributed by atoms with E-state index in [-0.39, 0.29) is 5.91 Å². The van der Waals surface area contributed by atoms with E-state index in [1.807, 2.05) is 6.92 Å². The highest BCUT2D eigenvalue weighted by Crippen LogP contribution is 2.40. The number of aromatic nitrogens is 2. The van der Waals surface area contributed by atoms with Gasteiger partial charge < -0.3 is 4.90 Å². The molecule has 1 aliphatic carbocycles. The summed E-state index contributed by atoms with van der Waals surface area (Å²) in [4.78, 5) is 25.4. The van der Waals surface area contributed by atoms with Crippen LogP contribution in [-0.4, -0.2) is 40.1 Å². The Hall–Kier alpha value is -1.65. The third-order valence-electron chi connectivity index (χ3n) is 3.96. The fourth-order valence-electron chi connectivity index (χ4n) is 2.75. The smallest absolute Gasteiger partial charge is 0.232 e. The van der Waals surface area contributed by atoms with Crippen LogP contribution in [0.15, 0.2) is 5.03 Å². The lowest BCUT2D eigenvalue weighted by Crippen LogP contribution is -2.29. The molecule has 2 heterocycles. The minimum atomic E-state index is 0.0292. The monoisotopic (exact) mass is 346 g/mol. The second-order valence-electron chi connectivity index (χ2n) is 5.63. The van der Waals surface area contributed by atoms with Gasteiger partial charge in [0, 0.05) is 23.9 Å². The van der Waals surface area contributed by atoms with Crippen molar-refractivity contribution in [1.82, 2.24) is 14.9 Å². The number of fused-ring (bicyclic) bond motifs is 3.